The van der Waals surface area contributed by atoms with Crippen molar-refractivity contribution in [3.05, 3.63) is 28.2 Å². The van der Waals surface area contributed by atoms with Gasteiger partial charge in [0.2, 0.25) is 0 Å². The van der Waals surface area contributed by atoms with Gasteiger partial charge in [-0.15, -0.1) is 0 Å². The lowest BCUT2D eigenvalue weighted by Crippen LogP contribution is -2.26. The fraction of sp³-hybridized carbons (Fsp3) is 0.500. The van der Waals surface area contributed by atoms with Gasteiger partial charge >= 0.3 is 0 Å². The molecule has 1 aliphatic rings. The minimum absolute atomic E-state index is 0.704. The van der Waals surface area contributed by atoms with E-state index in [9.17, 15) is 0 Å². The summed E-state index contributed by atoms with van der Waals surface area (Å²) in [4.78, 5) is 2.50. The van der Waals surface area contributed by atoms with Crippen molar-refractivity contribution in [1.29, 1.82) is 0 Å². The third kappa shape index (κ3) is 1.81. The fourth-order valence-electron chi connectivity index (χ4n) is 2.12. The first-order valence-corrected chi connectivity index (χ1v) is 6.00. The highest BCUT2D eigenvalue weighted by molar-refractivity contribution is 9.10. The Hall–Kier alpha value is -0.500. The third-order valence-electron chi connectivity index (χ3n) is 3.03. The Bertz CT molecular complexity index is 335. The number of hydrogen-bond donors (Lipinski definition) is 0. The van der Waals surface area contributed by atoms with E-state index in [2.05, 4.69) is 52.9 Å². The van der Waals surface area contributed by atoms with Crippen molar-refractivity contribution >= 4 is 21.6 Å². The number of rotatable bonds is 1. The summed E-state index contributed by atoms with van der Waals surface area (Å²) in [5, 5.41) is 0. The molecule has 1 heterocycles. The number of benzene rings is 1. The molecule has 0 amide bonds. The van der Waals surface area contributed by atoms with E-state index in [1.54, 1.807) is 0 Å². The summed E-state index contributed by atoms with van der Waals surface area (Å²) in [6.07, 6.45) is 2.66. The van der Waals surface area contributed by atoms with Gasteiger partial charge in [-0.25, -0.2) is 0 Å². The van der Waals surface area contributed by atoms with E-state index in [1.807, 2.05) is 0 Å². The predicted molar refractivity (Wildman–Crippen MR) is 64.9 cm³/mol. The van der Waals surface area contributed by atoms with E-state index in [-0.39, 0.29) is 0 Å². The van der Waals surface area contributed by atoms with Gasteiger partial charge in [-0.3, -0.25) is 0 Å². The number of halogens is 1. The average Bonchev–Trinajstić information content (AvgIpc) is 2.57. The van der Waals surface area contributed by atoms with Crippen LogP contribution < -0.4 is 4.90 Å². The van der Waals surface area contributed by atoms with Crippen molar-refractivity contribution in [2.75, 3.05) is 11.4 Å². The van der Waals surface area contributed by atoms with Gasteiger partial charge < -0.3 is 4.90 Å². The second kappa shape index (κ2) is 3.93. The molecule has 0 spiro atoms. The van der Waals surface area contributed by atoms with Crippen molar-refractivity contribution in [3.63, 3.8) is 0 Å². The van der Waals surface area contributed by atoms with Crippen LogP contribution >= 0.6 is 15.9 Å². The lowest BCUT2D eigenvalue weighted by Gasteiger charge is -2.24. The van der Waals surface area contributed by atoms with Gasteiger partial charge in [0, 0.05) is 22.7 Å². The maximum absolute atomic E-state index is 3.53. The van der Waals surface area contributed by atoms with Crippen molar-refractivity contribution in [1.82, 2.24) is 0 Å². The molecule has 1 fully saturated rings. The molecule has 1 aromatic carbocycles. The summed E-state index contributed by atoms with van der Waals surface area (Å²) in [5.41, 5.74) is 2.69. The van der Waals surface area contributed by atoms with Crippen LogP contribution in [0.1, 0.15) is 25.3 Å². The van der Waals surface area contributed by atoms with Gasteiger partial charge in [-0.2, -0.15) is 0 Å². The van der Waals surface area contributed by atoms with Gasteiger partial charge in [0.15, 0.2) is 0 Å². The van der Waals surface area contributed by atoms with E-state index < -0.39 is 0 Å². The molecule has 0 N–H and O–H groups in total. The number of nitrogens with zero attached hydrogens (tertiary/aromatic N) is 1. The van der Waals surface area contributed by atoms with Gasteiger partial charge in [0.1, 0.15) is 0 Å². The van der Waals surface area contributed by atoms with Gasteiger partial charge in [0.25, 0.3) is 0 Å². The Balaban J connectivity index is 2.28. The highest BCUT2D eigenvalue weighted by Crippen LogP contribution is 2.28. The van der Waals surface area contributed by atoms with Gasteiger partial charge in [0.05, 0.1) is 0 Å². The van der Waals surface area contributed by atoms with Gasteiger partial charge in [-0.1, -0.05) is 15.9 Å². The number of anilines is 1. The molecular formula is C12H16BrN. The molecule has 1 aromatic rings. The monoisotopic (exact) mass is 253 g/mol. The molecule has 76 valence electrons. The standard InChI is InChI=1S/C12H16BrN/c1-9-8-11(5-6-12(9)13)14-7-3-4-10(14)2/h5-6,8,10H,3-4,7H2,1-2H3. The van der Waals surface area contributed by atoms with Gasteiger partial charge in [-0.05, 0) is 50.5 Å². The van der Waals surface area contributed by atoms with Crippen molar-refractivity contribution in [3.8, 4) is 0 Å². The van der Waals surface area contributed by atoms with E-state index in [0.29, 0.717) is 6.04 Å². The summed E-state index contributed by atoms with van der Waals surface area (Å²) in [5.74, 6) is 0. The highest BCUT2D eigenvalue weighted by atomic mass is 79.9. The van der Waals surface area contributed by atoms with Crippen LogP contribution in [0.25, 0.3) is 0 Å². The van der Waals surface area contributed by atoms with Crippen LogP contribution in [0.4, 0.5) is 5.69 Å². The van der Waals surface area contributed by atoms with Crippen LogP contribution in [0.15, 0.2) is 22.7 Å². The first-order valence-electron chi connectivity index (χ1n) is 5.21. The molecular weight excluding hydrogens is 238 g/mol. The summed E-state index contributed by atoms with van der Waals surface area (Å²) in [7, 11) is 0. The zero-order valence-corrected chi connectivity index (χ0v) is 10.3. The van der Waals surface area contributed by atoms with Crippen molar-refractivity contribution < 1.29 is 0 Å². The average molecular weight is 254 g/mol. The first kappa shape index (κ1) is 10.0. The largest absolute Gasteiger partial charge is 0.369 e. The van der Waals surface area contributed by atoms with Crippen LogP contribution in [0.5, 0.6) is 0 Å². The molecule has 1 unspecified atom stereocenters. The van der Waals surface area contributed by atoms with Crippen LogP contribution in [-0.2, 0) is 0 Å². The summed E-state index contributed by atoms with van der Waals surface area (Å²) in [6, 6.07) is 7.33. The molecule has 0 bridgehead atoms. The SMILES string of the molecule is Cc1cc(N2CCCC2C)ccc1Br. The summed E-state index contributed by atoms with van der Waals surface area (Å²) in [6.45, 7) is 5.67. The number of hydrogen-bond acceptors (Lipinski definition) is 1. The normalized spacial score (nSPS) is 21.6. The molecule has 1 nitrogen and oxygen atoms in total. The smallest absolute Gasteiger partial charge is 0.0372 e. The Morgan fingerprint density at radius 3 is 2.79 bits per heavy atom. The zero-order valence-electron chi connectivity index (χ0n) is 8.76. The van der Waals surface area contributed by atoms with Crippen LogP contribution in [-0.4, -0.2) is 12.6 Å². The minimum Gasteiger partial charge on any atom is -0.369 e. The van der Waals surface area contributed by atoms with E-state index in [0.717, 1.165) is 0 Å². The molecule has 2 heteroatoms. The van der Waals surface area contributed by atoms with E-state index in [4.69, 9.17) is 0 Å². The lowest BCUT2D eigenvalue weighted by molar-refractivity contribution is 0.735. The molecule has 0 aliphatic carbocycles. The Morgan fingerprint density at radius 1 is 1.43 bits per heavy atom. The lowest BCUT2D eigenvalue weighted by atomic mass is 10.2. The zero-order chi connectivity index (χ0) is 10.1. The molecule has 1 atom stereocenters. The van der Waals surface area contributed by atoms with Crippen LogP contribution in [0.2, 0.25) is 0 Å². The maximum Gasteiger partial charge on any atom is 0.0372 e. The topological polar surface area (TPSA) is 3.24 Å². The van der Waals surface area contributed by atoms with E-state index in [1.165, 1.54) is 35.1 Å². The molecule has 0 aromatic heterocycles. The summed E-state index contributed by atoms with van der Waals surface area (Å²) < 4.78 is 1.20. The quantitative estimate of drug-likeness (QED) is 0.737. The predicted octanol–water partition coefficient (Wildman–Crippen LogP) is 3.75. The highest BCUT2D eigenvalue weighted by Gasteiger charge is 2.20. The maximum atomic E-state index is 3.53. The Morgan fingerprint density at radius 2 is 2.21 bits per heavy atom. The molecule has 1 aliphatic heterocycles. The second-order valence-corrected chi connectivity index (χ2v) is 4.97. The molecule has 14 heavy (non-hydrogen) atoms. The molecule has 0 radical (unpaired) electrons. The minimum atomic E-state index is 0.704. The van der Waals surface area contributed by atoms with Crippen molar-refractivity contribution in [2.24, 2.45) is 0 Å². The van der Waals surface area contributed by atoms with Crippen LogP contribution in [0.3, 0.4) is 0 Å². The Kier molecular flexibility index (Phi) is 2.82. The summed E-state index contributed by atoms with van der Waals surface area (Å²) >= 11 is 3.53. The third-order valence-corrected chi connectivity index (χ3v) is 3.92. The molecule has 1 saturated heterocycles. The molecule has 2 rings (SSSR count). The number of aryl methyl sites for hydroxylation is 1. The van der Waals surface area contributed by atoms with Crippen LogP contribution in [0, 0.1) is 6.92 Å². The molecule has 0 saturated carbocycles. The first-order chi connectivity index (χ1) is 6.68. The van der Waals surface area contributed by atoms with E-state index >= 15 is 0 Å². The Labute approximate surface area is 94.2 Å². The van der Waals surface area contributed by atoms with Crippen molar-refractivity contribution in [2.45, 2.75) is 32.7 Å². The second-order valence-electron chi connectivity index (χ2n) is 4.12. The fourth-order valence-corrected chi connectivity index (χ4v) is 2.37.